The smallest absolute Gasteiger partial charge is 0.140 e. The Hall–Kier alpha value is -2.42. The fourth-order valence-corrected chi connectivity index (χ4v) is 3.24. The molecule has 112 valence electrons. The molecule has 2 aromatic heterocycles. The summed E-state index contributed by atoms with van der Waals surface area (Å²) in [5.74, 6) is 1.56. The SMILES string of the molecule is N#Cc1ccc(N2CCCC(c3nncn3C3CC3)C2)cn1. The Bertz CT molecular complexity index is 694. The average molecular weight is 294 g/mol. The highest BCUT2D eigenvalue weighted by atomic mass is 15.3. The molecule has 6 nitrogen and oxygen atoms in total. The van der Waals surface area contributed by atoms with E-state index in [1.807, 2.05) is 12.4 Å². The van der Waals surface area contributed by atoms with Crippen molar-refractivity contribution in [2.45, 2.75) is 37.6 Å². The molecule has 2 aliphatic rings. The Morgan fingerprint density at radius 3 is 2.86 bits per heavy atom. The predicted molar refractivity (Wildman–Crippen MR) is 81.4 cm³/mol. The van der Waals surface area contributed by atoms with Crippen LogP contribution in [0, 0.1) is 11.3 Å². The third-order valence-electron chi connectivity index (χ3n) is 4.56. The Morgan fingerprint density at radius 1 is 1.23 bits per heavy atom. The monoisotopic (exact) mass is 294 g/mol. The van der Waals surface area contributed by atoms with E-state index in [0.717, 1.165) is 37.4 Å². The van der Waals surface area contributed by atoms with Crippen LogP contribution in [-0.4, -0.2) is 32.8 Å². The molecular formula is C16H18N6. The average Bonchev–Trinajstić information content (AvgIpc) is 3.32. The van der Waals surface area contributed by atoms with Crippen molar-refractivity contribution < 1.29 is 0 Å². The van der Waals surface area contributed by atoms with Crippen LogP contribution in [0.2, 0.25) is 0 Å². The molecule has 1 saturated heterocycles. The van der Waals surface area contributed by atoms with Crippen molar-refractivity contribution >= 4 is 5.69 Å². The van der Waals surface area contributed by atoms with Crippen LogP contribution in [0.25, 0.3) is 0 Å². The molecule has 0 aromatic carbocycles. The highest BCUT2D eigenvalue weighted by molar-refractivity contribution is 5.46. The minimum Gasteiger partial charge on any atom is -0.370 e. The van der Waals surface area contributed by atoms with Gasteiger partial charge in [0, 0.05) is 25.0 Å². The van der Waals surface area contributed by atoms with Crippen LogP contribution in [0.3, 0.4) is 0 Å². The molecule has 0 bridgehead atoms. The maximum absolute atomic E-state index is 8.85. The molecule has 2 aromatic rings. The van der Waals surface area contributed by atoms with E-state index < -0.39 is 0 Å². The molecular weight excluding hydrogens is 276 g/mol. The van der Waals surface area contributed by atoms with Crippen LogP contribution in [0.1, 0.15) is 49.2 Å². The van der Waals surface area contributed by atoms with Gasteiger partial charge in [0.05, 0.1) is 11.9 Å². The number of hydrogen-bond donors (Lipinski definition) is 0. The minimum atomic E-state index is 0.424. The van der Waals surface area contributed by atoms with E-state index >= 15 is 0 Å². The van der Waals surface area contributed by atoms with Gasteiger partial charge in [0.2, 0.25) is 0 Å². The fraction of sp³-hybridized carbons (Fsp3) is 0.500. The minimum absolute atomic E-state index is 0.424. The zero-order valence-electron chi connectivity index (χ0n) is 12.4. The fourth-order valence-electron chi connectivity index (χ4n) is 3.24. The third kappa shape index (κ3) is 2.43. The van der Waals surface area contributed by atoms with Gasteiger partial charge in [-0.1, -0.05) is 0 Å². The van der Waals surface area contributed by atoms with Gasteiger partial charge in [-0.25, -0.2) is 4.98 Å². The molecule has 1 unspecified atom stereocenters. The van der Waals surface area contributed by atoms with E-state index in [1.165, 1.54) is 12.8 Å². The molecule has 0 amide bonds. The van der Waals surface area contributed by atoms with Gasteiger partial charge in [-0.15, -0.1) is 10.2 Å². The van der Waals surface area contributed by atoms with Crippen LogP contribution >= 0.6 is 0 Å². The van der Waals surface area contributed by atoms with E-state index in [9.17, 15) is 0 Å². The standard InChI is InChI=1S/C16H18N6/c17-8-13-3-4-15(9-18-13)21-7-1-2-12(10-21)16-20-19-11-22(16)14-5-6-14/h3-4,9,11-12,14H,1-2,5-7,10H2. The zero-order chi connectivity index (χ0) is 14.9. The Morgan fingerprint density at radius 2 is 2.14 bits per heavy atom. The molecule has 1 atom stereocenters. The molecule has 4 rings (SSSR count). The summed E-state index contributed by atoms with van der Waals surface area (Å²) in [6, 6.07) is 6.46. The topological polar surface area (TPSA) is 70.6 Å². The van der Waals surface area contributed by atoms with E-state index in [-0.39, 0.29) is 0 Å². The lowest BCUT2D eigenvalue weighted by atomic mass is 9.96. The Labute approximate surface area is 129 Å². The molecule has 1 aliphatic heterocycles. The molecule has 2 fully saturated rings. The van der Waals surface area contributed by atoms with Crippen LogP contribution in [-0.2, 0) is 0 Å². The van der Waals surface area contributed by atoms with Crippen LogP contribution in [0.5, 0.6) is 0 Å². The lowest BCUT2D eigenvalue weighted by molar-refractivity contribution is 0.471. The normalized spacial score (nSPS) is 21.6. The van der Waals surface area contributed by atoms with Gasteiger partial charge >= 0.3 is 0 Å². The Kier molecular flexibility index (Phi) is 3.26. The van der Waals surface area contributed by atoms with E-state index in [2.05, 4.69) is 30.7 Å². The molecule has 0 spiro atoms. The number of rotatable bonds is 3. The van der Waals surface area contributed by atoms with Gasteiger partial charge in [-0.2, -0.15) is 5.26 Å². The van der Waals surface area contributed by atoms with Gasteiger partial charge in [-0.05, 0) is 37.8 Å². The molecule has 22 heavy (non-hydrogen) atoms. The predicted octanol–water partition coefficient (Wildman–Crippen LogP) is 2.26. The third-order valence-corrected chi connectivity index (χ3v) is 4.56. The number of piperidine rings is 1. The molecule has 3 heterocycles. The summed E-state index contributed by atoms with van der Waals surface area (Å²) in [5, 5.41) is 17.4. The summed E-state index contributed by atoms with van der Waals surface area (Å²) in [7, 11) is 0. The first-order valence-electron chi connectivity index (χ1n) is 7.85. The van der Waals surface area contributed by atoms with Crippen LogP contribution in [0.4, 0.5) is 5.69 Å². The summed E-state index contributed by atoms with van der Waals surface area (Å²) in [6.45, 7) is 1.97. The van der Waals surface area contributed by atoms with E-state index in [4.69, 9.17) is 5.26 Å². The van der Waals surface area contributed by atoms with Gasteiger partial charge in [-0.3, -0.25) is 0 Å². The second-order valence-electron chi connectivity index (χ2n) is 6.13. The van der Waals surface area contributed by atoms with Crippen molar-refractivity contribution in [1.29, 1.82) is 5.26 Å². The number of nitriles is 1. The quantitative estimate of drug-likeness (QED) is 0.868. The van der Waals surface area contributed by atoms with Crippen LogP contribution in [0.15, 0.2) is 24.7 Å². The highest BCUT2D eigenvalue weighted by Crippen LogP contribution is 2.38. The zero-order valence-corrected chi connectivity index (χ0v) is 12.4. The number of anilines is 1. The molecule has 0 radical (unpaired) electrons. The van der Waals surface area contributed by atoms with E-state index in [0.29, 0.717) is 17.7 Å². The second-order valence-corrected chi connectivity index (χ2v) is 6.13. The lowest BCUT2D eigenvalue weighted by Gasteiger charge is -2.33. The van der Waals surface area contributed by atoms with Gasteiger partial charge in [0.15, 0.2) is 0 Å². The summed E-state index contributed by atoms with van der Waals surface area (Å²) in [6.07, 6.45) is 8.48. The summed E-state index contributed by atoms with van der Waals surface area (Å²) < 4.78 is 2.27. The number of hydrogen-bond acceptors (Lipinski definition) is 5. The van der Waals surface area contributed by atoms with Crippen molar-refractivity contribution in [3.63, 3.8) is 0 Å². The van der Waals surface area contributed by atoms with Gasteiger partial charge in [0.1, 0.15) is 23.9 Å². The maximum Gasteiger partial charge on any atom is 0.140 e. The van der Waals surface area contributed by atoms with Crippen molar-refractivity contribution in [1.82, 2.24) is 19.7 Å². The van der Waals surface area contributed by atoms with Gasteiger partial charge < -0.3 is 9.47 Å². The maximum atomic E-state index is 8.85. The summed E-state index contributed by atoms with van der Waals surface area (Å²) >= 11 is 0. The van der Waals surface area contributed by atoms with Crippen molar-refractivity contribution in [2.24, 2.45) is 0 Å². The molecule has 6 heteroatoms. The van der Waals surface area contributed by atoms with Crippen molar-refractivity contribution in [3.8, 4) is 6.07 Å². The first-order valence-corrected chi connectivity index (χ1v) is 7.85. The molecule has 1 saturated carbocycles. The number of pyridine rings is 1. The second kappa shape index (κ2) is 5.41. The summed E-state index contributed by atoms with van der Waals surface area (Å²) in [5.41, 5.74) is 1.55. The number of aromatic nitrogens is 4. The van der Waals surface area contributed by atoms with Crippen LogP contribution < -0.4 is 4.90 Å². The highest BCUT2D eigenvalue weighted by Gasteiger charge is 2.31. The summed E-state index contributed by atoms with van der Waals surface area (Å²) in [4.78, 5) is 6.52. The first-order chi connectivity index (χ1) is 10.8. The largest absolute Gasteiger partial charge is 0.370 e. The molecule has 0 N–H and O–H groups in total. The first kappa shape index (κ1) is 13.3. The van der Waals surface area contributed by atoms with Crippen molar-refractivity contribution in [2.75, 3.05) is 18.0 Å². The Balaban J connectivity index is 1.53. The van der Waals surface area contributed by atoms with Gasteiger partial charge in [0.25, 0.3) is 0 Å². The number of nitrogens with zero attached hydrogens (tertiary/aromatic N) is 6. The van der Waals surface area contributed by atoms with E-state index in [1.54, 1.807) is 12.3 Å². The molecule has 1 aliphatic carbocycles. The lowest BCUT2D eigenvalue weighted by Crippen LogP contribution is -2.35. The van der Waals surface area contributed by atoms with Crippen molar-refractivity contribution in [3.05, 3.63) is 36.2 Å².